The Balaban J connectivity index is 1.97. The molecule has 1 aromatic carbocycles. The van der Waals surface area contributed by atoms with E-state index in [0.717, 1.165) is 44.1 Å². The third-order valence-electron chi connectivity index (χ3n) is 4.49. The number of hydrogen-bond acceptors (Lipinski definition) is 3. The summed E-state index contributed by atoms with van der Waals surface area (Å²) in [7, 11) is 0. The molecule has 25 heavy (non-hydrogen) atoms. The molecule has 1 amide bonds. The van der Waals surface area contributed by atoms with Crippen LogP contribution in [-0.4, -0.2) is 25.7 Å². The van der Waals surface area contributed by atoms with E-state index in [1.54, 1.807) is 24.3 Å². The van der Waals surface area contributed by atoms with E-state index in [9.17, 15) is 4.79 Å². The lowest BCUT2D eigenvalue weighted by molar-refractivity contribution is 0.0906. The molecule has 0 bridgehead atoms. The zero-order chi connectivity index (χ0) is 18.3. The highest BCUT2D eigenvalue weighted by atomic mass is 16.5. The van der Waals surface area contributed by atoms with Gasteiger partial charge in [-0.15, -0.1) is 0 Å². The fraction of sp³-hybridized carbons (Fsp3) is 0.667. The highest BCUT2D eigenvalue weighted by molar-refractivity contribution is 5.92. The summed E-state index contributed by atoms with van der Waals surface area (Å²) >= 11 is 0. The molecule has 0 fully saturated rings. The molecular formula is C21H35NO3. The van der Waals surface area contributed by atoms with E-state index < -0.39 is 5.91 Å². The molecule has 0 spiro atoms. The van der Waals surface area contributed by atoms with Gasteiger partial charge >= 0.3 is 0 Å². The van der Waals surface area contributed by atoms with Gasteiger partial charge in [-0.25, -0.2) is 0 Å². The van der Waals surface area contributed by atoms with Gasteiger partial charge in [0.1, 0.15) is 5.75 Å². The quantitative estimate of drug-likeness (QED) is 0.455. The number of nitrogens with two attached hydrogens (primary N) is 1. The summed E-state index contributed by atoms with van der Waals surface area (Å²) in [6, 6.07) is 6.96. The first kappa shape index (κ1) is 21.5. The zero-order valence-electron chi connectivity index (χ0n) is 16.0. The molecule has 0 aliphatic heterocycles. The third kappa shape index (κ3) is 10.1. The zero-order valence-corrected chi connectivity index (χ0v) is 16.0. The van der Waals surface area contributed by atoms with Gasteiger partial charge < -0.3 is 15.2 Å². The normalized spacial score (nSPS) is 12.1. The molecule has 4 nitrogen and oxygen atoms in total. The van der Waals surface area contributed by atoms with Crippen molar-refractivity contribution in [1.82, 2.24) is 0 Å². The van der Waals surface area contributed by atoms with Gasteiger partial charge in [-0.1, -0.05) is 39.5 Å². The lowest BCUT2D eigenvalue weighted by Crippen LogP contribution is -2.10. The molecule has 0 aliphatic carbocycles. The van der Waals surface area contributed by atoms with Gasteiger partial charge in [0.05, 0.1) is 6.61 Å². The van der Waals surface area contributed by atoms with Crippen LogP contribution in [0.4, 0.5) is 0 Å². The first-order valence-corrected chi connectivity index (χ1v) is 9.77. The molecule has 4 heteroatoms. The highest BCUT2D eigenvalue weighted by Gasteiger charge is 2.05. The van der Waals surface area contributed by atoms with Gasteiger partial charge in [-0.05, 0) is 55.9 Å². The van der Waals surface area contributed by atoms with Gasteiger partial charge in [0.2, 0.25) is 5.91 Å². The van der Waals surface area contributed by atoms with Crippen LogP contribution >= 0.6 is 0 Å². The van der Waals surface area contributed by atoms with Crippen molar-refractivity contribution < 1.29 is 14.3 Å². The fourth-order valence-electron chi connectivity index (χ4n) is 2.71. The molecule has 1 aromatic rings. The Morgan fingerprint density at radius 1 is 1.00 bits per heavy atom. The standard InChI is InChI=1S/C21H35NO3/c1-3-5-10-18(4-2)17-24-15-8-6-7-9-16-25-20-13-11-19(12-14-20)21(22)23/h11-14,18H,3-10,15-17H2,1-2H3,(H2,22,23). The first-order chi connectivity index (χ1) is 12.2. The Hall–Kier alpha value is -1.55. The second kappa shape index (κ2) is 13.7. The lowest BCUT2D eigenvalue weighted by Gasteiger charge is -2.14. The van der Waals surface area contributed by atoms with Gasteiger partial charge in [-0.3, -0.25) is 4.79 Å². The molecule has 0 saturated heterocycles. The fourth-order valence-corrected chi connectivity index (χ4v) is 2.71. The van der Waals surface area contributed by atoms with Crippen molar-refractivity contribution in [1.29, 1.82) is 0 Å². The Morgan fingerprint density at radius 3 is 2.28 bits per heavy atom. The lowest BCUT2D eigenvalue weighted by atomic mass is 10.0. The minimum absolute atomic E-state index is 0.413. The Morgan fingerprint density at radius 2 is 1.68 bits per heavy atom. The number of unbranched alkanes of at least 4 members (excludes halogenated alkanes) is 4. The van der Waals surface area contributed by atoms with Crippen molar-refractivity contribution in [3.63, 3.8) is 0 Å². The van der Waals surface area contributed by atoms with Gasteiger partial charge in [0.25, 0.3) is 0 Å². The molecule has 0 saturated carbocycles. The molecule has 1 rings (SSSR count). The topological polar surface area (TPSA) is 61.6 Å². The molecule has 0 aromatic heterocycles. The monoisotopic (exact) mass is 349 g/mol. The van der Waals surface area contributed by atoms with Crippen LogP contribution in [0.2, 0.25) is 0 Å². The summed E-state index contributed by atoms with van der Waals surface area (Å²) in [6.45, 7) is 6.99. The maximum absolute atomic E-state index is 11.0. The van der Waals surface area contributed by atoms with Crippen LogP contribution in [0.15, 0.2) is 24.3 Å². The molecule has 1 unspecified atom stereocenters. The predicted octanol–water partition coefficient (Wildman–Crippen LogP) is 4.96. The number of rotatable bonds is 15. The second-order valence-corrected chi connectivity index (χ2v) is 6.64. The molecule has 0 heterocycles. The Kier molecular flexibility index (Phi) is 11.8. The summed E-state index contributed by atoms with van der Waals surface area (Å²) in [6.07, 6.45) is 9.58. The van der Waals surface area contributed by atoms with Gasteiger partial charge in [-0.2, -0.15) is 0 Å². The average Bonchev–Trinajstić information content (AvgIpc) is 2.63. The van der Waals surface area contributed by atoms with E-state index in [1.165, 1.54) is 32.1 Å². The summed E-state index contributed by atoms with van der Waals surface area (Å²) in [5, 5.41) is 0. The van der Waals surface area contributed by atoms with Crippen LogP contribution in [0.25, 0.3) is 0 Å². The van der Waals surface area contributed by atoms with E-state index in [-0.39, 0.29) is 0 Å². The molecule has 0 radical (unpaired) electrons. The highest BCUT2D eigenvalue weighted by Crippen LogP contribution is 2.14. The van der Waals surface area contributed by atoms with Crippen molar-refractivity contribution >= 4 is 5.91 Å². The third-order valence-corrected chi connectivity index (χ3v) is 4.49. The van der Waals surface area contributed by atoms with Crippen LogP contribution < -0.4 is 10.5 Å². The largest absolute Gasteiger partial charge is 0.494 e. The van der Waals surface area contributed by atoms with Crippen LogP contribution in [0.1, 0.15) is 75.6 Å². The van der Waals surface area contributed by atoms with Gasteiger partial charge in [0, 0.05) is 18.8 Å². The number of amides is 1. The van der Waals surface area contributed by atoms with E-state index in [1.807, 2.05) is 0 Å². The SMILES string of the molecule is CCCCC(CC)COCCCCCCOc1ccc(C(N)=O)cc1. The van der Waals surface area contributed by atoms with Crippen molar-refractivity contribution in [2.24, 2.45) is 11.7 Å². The van der Waals surface area contributed by atoms with E-state index >= 15 is 0 Å². The summed E-state index contributed by atoms with van der Waals surface area (Å²) in [4.78, 5) is 11.0. The molecule has 2 N–H and O–H groups in total. The molecule has 0 aliphatic rings. The average molecular weight is 350 g/mol. The number of carbonyl (C=O) groups excluding carboxylic acids is 1. The molecule has 1 atom stereocenters. The summed E-state index contributed by atoms with van der Waals surface area (Å²) in [5.41, 5.74) is 5.72. The number of hydrogen-bond donors (Lipinski definition) is 1. The van der Waals surface area contributed by atoms with Crippen molar-refractivity contribution in [2.75, 3.05) is 19.8 Å². The maximum atomic E-state index is 11.0. The van der Waals surface area contributed by atoms with Crippen LogP contribution in [-0.2, 0) is 4.74 Å². The van der Waals surface area contributed by atoms with Crippen LogP contribution in [0.3, 0.4) is 0 Å². The first-order valence-electron chi connectivity index (χ1n) is 9.77. The van der Waals surface area contributed by atoms with E-state index in [2.05, 4.69) is 13.8 Å². The maximum Gasteiger partial charge on any atom is 0.248 e. The minimum Gasteiger partial charge on any atom is -0.494 e. The molecular weight excluding hydrogens is 314 g/mol. The predicted molar refractivity (Wildman–Crippen MR) is 103 cm³/mol. The van der Waals surface area contributed by atoms with E-state index in [0.29, 0.717) is 12.2 Å². The summed E-state index contributed by atoms with van der Waals surface area (Å²) in [5.74, 6) is 1.10. The van der Waals surface area contributed by atoms with Crippen molar-refractivity contribution in [2.45, 2.75) is 65.2 Å². The van der Waals surface area contributed by atoms with Crippen molar-refractivity contribution in [3.05, 3.63) is 29.8 Å². The number of ether oxygens (including phenoxy) is 2. The number of primary amides is 1. The Bertz CT molecular complexity index is 459. The van der Waals surface area contributed by atoms with Crippen LogP contribution in [0.5, 0.6) is 5.75 Å². The number of benzene rings is 1. The number of carbonyl (C=O) groups is 1. The second-order valence-electron chi connectivity index (χ2n) is 6.64. The smallest absolute Gasteiger partial charge is 0.248 e. The molecule has 142 valence electrons. The summed E-state index contributed by atoms with van der Waals surface area (Å²) < 4.78 is 11.5. The van der Waals surface area contributed by atoms with Crippen LogP contribution in [0, 0.1) is 5.92 Å². The van der Waals surface area contributed by atoms with Crippen molar-refractivity contribution in [3.8, 4) is 5.75 Å². The van der Waals surface area contributed by atoms with E-state index in [4.69, 9.17) is 15.2 Å². The van der Waals surface area contributed by atoms with Gasteiger partial charge in [0.15, 0.2) is 0 Å². The Labute approximate surface area is 153 Å². The minimum atomic E-state index is -0.413.